The van der Waals surface area contributed by atoms with Crippen LogP contribution < -0.4 is 15.4 Å². The molecule has 4 N–H and O–H groups in total. The Morgan fingerprint density at radius 1 is 1.00 bits per heavy atom. The molecule has 2 saturated heterocycles. The van der Waals surface area contributed by atoms with E-state index in [4.69, 9.17) is 4.74 Å². The average Bonchev–Trinajstić information content (AvgIpc) is 3.72. The van der Waals surface area contributed by atoms with E-state index in [0.29, 0.717) is 18.2 Å². The van der Waals surface area contributed by atoms with Crippen LogP contribution in [0.2, 0.25) is 0 Å². The van der Waals surface area contributed by atoms with Crippen molar-refractivity contribution >= 4 is 35.7 Å². The number of carboxylic acids is 1. The van der Waals surface area contributed by atoms with Gasteiger partial charge >= 0.3 is 12.1 Å². The van der Waals surface area contributed by atoms with Gasteiger partial charge in [0.15, 0.2) is 12.3 Å². The summed E-state index contributed by atoms with van der Waals surface area (Å²) in [4.78, 5) is 78.5. The molecule has 1 aromatic heterocycles. The number of halogens is 2. The molecule has 49 heavy (non-hydrogen) atoms. The number of amides is 5. The maximum absolute atomic E-state index is 14.4. The molecule has 3 aliphatic rings. The van der Waals surface area contributed by atoms with Crippen LogP contribution in [-0.4, -0.2) is 134 Å². The molecule has 1 aromatic carbocycles. The molecule has 18 heteroatoms. The number of aliphatic carboxylic acids is 1. The lowest BCUT2D eigenvalue weighted by Crippen LogP contribution is -2.55. The van der Waals surface area contributed by atoms with Crippen molar-refractivity contribution < 1.29 is 52.5 Å². The zero-order chi connectivity index (χ0) is 35.3. The lowest BCUT2D eigenvalue weighted by molar-refractivity contribution is -0.140. The van der Waals surface area contributed by atoms with Crippen LogP contribution in [0.25, 0.3) is 5.69 Å². The molecule has 5 amide bonds. The highest BCUT2D eigenvalue weighted by molar-refractivity contribution is 5.96. The van der Waals surface area contributed by atoms with Crippen LogP contribution in [0.1, 0.15) is 42.6 Å². The number of aromatic nitrogens is 2. The van der Waals surface area contributed by atoms with Crippen molar-refractivity contribution in [1.29, 1.82) is 0 Å². The second-order valence-corrected chi connectivity index (χ2v) is 12.2. The minimum absolute atomic E-state index is 0.0442. The largest absolute Gasteiger partial charge is 0.481 e. The van der Waals surface area contributed by atoms with Gasteiger partial charge in [-0.25, -0.2) is 18.3 Å². The number of carbonyl (C=O) groups excluding carboxylic acids is 4. The third-order valence-corrected chi connectivity index (χ3v) is 8.52. The molecular formula is C31H37F2N7O9. The maximum atomic E-state index is 14.4. The van der Waals surface area contributed by atoms with E-state index in [1.54, 1.807) is 30.3 Å². The van der Waals surface area contributed by atoms with Gasteiger partial charge in [-0.05, 0) is 37.3 Å². The Labute approximate surface area is 278 Å². The van der Waals surface area contributed by atoms with Crippen molar-refractivity contribution in [2.75, 3.05) is 45.9 Å². The summed E-state index contributed by atoms with van der Waals surface area (Å²) < 4.78 is 35.7. The fourth-order valence-corrected chi connectivity index (χ4v) is 5.64. The molecule has 2 aliphatic heterocycles. The number of likely N-dealkylation sites (tertiary alicyclic amines) is 1. The Morgan fingerprint density at radius 2 is 1.67 bits per heavy atom. The SMILES string of the molecule is O=C(O)CC[C@H](NC(=O)c1cc(OCC(=O)N2CC(F)(F)C[C@H]2C(=O)NCC2CC2)n(-c2ccccc2)n1)C(=O)N1CCN(C(=O)O)CC1. The van der Waals surface area contributed by atoms with Crippen molar-refractivity contribution in [2.45, 2.75) is 50.1 Å². The number of hydrogen-bond donors (Lipinski definition) is 4. The summed E-state index contributed by atoms with van der Waals surface area (Å²) in [5.74, 6) is -7.29. The van der Waals surface area contributed by atoms with E-state index in [9.17, 15) is 47.8 Å². The highest BCUT2D eigenvalue weighted by atomic mass is 19.3. The van der Waals surface area contributed by atoms with Gasteiger partial charge in [-0.1, -0.05) is 18.2 Å². The number of benzene rings is 1. The first-order valence-electron chi connectivity index (χ1n) is 15.8. The van der Waals surface area contributed by atoms with Gasteiger partial charge in [0.2, 0.25) is 17.7 Å². The highest BCUT2D eigenvalue weighted by Gasteiger charge is 2.50. The summed E-state index contributed by atoms with van der Waals surface area (Å²) in [7, 11) is 0. The van der Waals surface area contributed by atoms with E-state index < -0.39 is 79.7 Å². The molecule has 0 radical (unpaired) electrons. The number of carbonyl (C=O) groups is 6. The third-order valence-electron chi connectivity index (χ3n) is 8.52. The summed E-state index contributed by atoms with van der Waals surface area (Å²) in [6, 6.07) is 6.84. The Kier molecular flexibility index (Phi) is 10.6. The first-order valence-corrected chi connectivity index (χ1v) is 15.8. The Morgan fingerprint density at radius 3 is 2.31 bits per heavy atom. The quantitative estimate of drug-likeness (QED) is 0.233. The molecule has 0 unspecified atom stereocenters. The van der Waals surface area contributed by atoms with E-state index in [-0.39, 0.29) is 44.2 Å². The Hall–Kier alpha value is -5.29. The molecule has 0 bridgehead atoms. The minimum atomic E-state index is -3.27. The molecule has 3 fully saturated rings. The molecule has 16 nitrogen and oxygen atoms in total. The number of alkyl halides is 2. The standard InChI is InChI=1S/C31H37F2N7O9/c32-31(33)15-23(28(45)34-16-19-6-7-19)39(18-31)24(41)17-49-25-14-22(36-40(25)20-4-2-1-3-5-20)27(44)35-21(8-9-26(42)43)29(46)37-10-12-38(13-11-37)30(47)48/h1-5,14,19,21,23H,6-13,15-18H2,(H,34,45)(H,35,44)(H,42,43)(H,47,48)/t21-,23-/m0/s1. The number of nitrogens with one attached hydrogen (secondary N) is 2. The molecule has 0 spiro atoms. The van der Waals surface area contributed by atoms with Crippen LogP contribution in [0, 0.1) is 5.92 Å². The van der Waals surface area contributed by atoms with Gasteiger partial charge in [0.1, 0.15) is 12.1 Å². The number of nitrogens with zero attached hydrogens (tertiary/aromatic N) is 5. The maximum Gasteiger partial charge on any atom is 0.407 e. The van der Waals surface area contributed by atoms with Crippen LogP contribution >= 0.6 is 0 Å². The molecule has 264 valence electrons. The van der Waals surface area contributed by atoms with Crippen LogP contribution in [0.15, 0.2) is 36.4 Å². The number of ether oxygens (including phenoxy) is 1. The molecule has 3 heterocycles. The second kappa shape index (κ2) is 14.9. The molecule has 5 rings (SSSR count). The molecular weight excluding hydrogens is 652 g/mol. The number of rotatable bonds is 13. The van der Waals surface area contributed by atoms with E-state index in [1.807, 2.05) is 0 Å². The fourth-order valence-electron chi connectivity index (χ4n) is 5.64. The van der Waals surface area contributed by atoms with Crippen LogP contribution in [0.4, 0.5) is 13.6 Å². The van der Waals surface area contributed by atoms with Crippen molar-refractivity contribution in [1.82, 2.24) is 35.1 Å². The lowest BCUT2D eigenvalue weighted by Gasteiger charge is -2.35. The summed E-state index contributed by atoms with van der Waals surface area (Å²) in [6.07, 6.45) is -0.778. The Bertz CT molecular complexity index is 1580. The summed E-state index contributed by atoms with van der Waals surface area (Å²) >= 11 is 0. The first-order chi connectivity index (χ1) is 23.3. The van der Waals surface area contributed by atoms with Gasteiger partial charge in [0, 0.05) is 51.6 Å². The highest BCUT2D eigenvalue weighted by Crippen LogP contribution is 2.33. The predicted molar refractivity (Wildman–Crippen MR) is 164 cm³/mol. The average molecular weight is 690 g/mol. The molecule has 2 aromatic rings. The van der Waals surface area contributed by atoms with E-state index >= 15 is 0 Å². The van der Waals surface area contributed by atoms with Gasteiger partial charge in [0.05, 0.1) is 12.2 Å². The van der Waals surface area contributed by atoms with Crippen molar-refractivity contribution in [2.24, 2.45) is 5.92 Å². The zero-order valence-corrected chi connectivity index (χ0v) is 26.4. The topological polar surface area (TPSA) is 204 Å². The minimum Gasteiger partial charge on any atom is -0.481 e. The van der Waals surface area contributed by atoms with Crippen molar-refractivity contribution in [3.05, 3.63) is 42.1 Å². The van der Waals surface area contributed by atoms with E-state index in [0.717, 1.165) is 22.6 Å². The molecule has 1 aliphatic carbocycles. The zero-order valence-electron chi connectivity index (χ0n) is 26.4. The molecule has 2 atom stereocenters. The summed E-state index contributed by atoms with van der Waals surface area (Å²) in [6.45, 7) is -1.18. The summed E-state index contributed by atoms with van der Waals surface area (Å²) in [5.41, 5.74) is 0.143. The van der Waals surface area contributed by atoms with Crippen LogP contribution in [-0.2, 0) is 19.2 Å². The predicted octanol–water partition coefficient (Wildman–Crippen LogP) is 0.799. The number of carboxylic acid groups (broad SMARTS) is 2. The lowest BCUT2D eigenvalue weighted by atomic mass is 10.1. The van der Waals surface area contributed by atoms with Gasteiger partial charge in [-0.3, -0.25) is 24.0 Å². The van der Waals surface area contributed by atoms with Crippen molar-refractivity contribution in [3.8, 4) is 11.6 Å². The smallest absolute Gasteiger partial charge is 0.407 e. The van der Waals surface area contributed by atoms with Crippen LogP contribution in [0.5, 0.6) is 5.88 Å². The Balaban J connectivity index is 1.30. The van der Waals surface area contributed by atoms with Crippen molar-refractivity contribution in [3.63, 3.8) is 0 Å². The second-order valence-electron chi connectivity index (χ2n) is 12.2. The number of para-hydroxylation sites is 1. The van der Waals surface area contributed by atoms with Gasteiger partial charge in [-0.15, -0.1) is 0 Å². The van der Waals surface area contributed by atoms with Gasteiger partial charge in [-0.2, -0.15) is 5.10 Å². The third kappa shape index (κ3) is 8.99. The first kappa shape index (κ1) is 35.0. The van der Waals surface area contributed by atoms with Gasteiger partial charge in [0.25, 0.3) is 17.7 Å². The normalized spacial score (nSPS) is 19.2. The van der Waals surface area contributed by atoms with E-state index in [2.05, 4.69) is 15.7 Å². The monoisotopic (exact) mass is 689 g/mol. The number of hydrogen-bond acceptors (Lipinski definition) is 8. The number of piperazine rings is 1. The van der Waals surface area contributed by atoms with Gasteiger partial charge < -0.3 is 40.3 Å². The summed E-state index contributed by atoms with van der Waals surface area (Å²) in [5, 5.41) is 27.9. The molecule has 1 saturated carbocycles. The van der Waals surface area contributed by atoms with E-state index in [1.165, 1.54) is 15.6 Å². The van der Waals surface area contributed by atoms with Crippen LogP contribution in [0.3, 0.4) is 0 Å². The fraction of sp³-hybridized carbons (Fsp3) is 0.516.